The lowest BCUT2D eigenvalue weighted by molar-refractivity contribution is -0.387. The number of hydrogen-bond acceptors (Lipinski definition) is 4. The van der Waals surface area contributed by atoms with E-state index in [4.69, 9.17) is 5.11 Å². The molecule has 0 aliphatic rings. The summed E-state index contributed by atoms with van der Waals surface area (Å²) in [5, 5.41) is 22.4. The summed E-state index contributed by atoms with van der Waals surface area (Å²) in [5.41, 5.74) is -1.02. The van der Waals surface area contributed by atoms with Crippen LogP contribution in [0.3, 0.4) is 0 Å². The van der Waals surface area contributed by atoms with E-state index in [0.29, 0.717) is 6.42 Å². The van der Waals surface area contributed by atoms with Crippen molar-refractivity contribution in [3.05, 3.63) is 39.7 Å². The van der Waals surface area contributed by atoms with Crippen molar-refractivity contribution in [2.75, 3.05) is 6.61 Å². The fourth-order valence-electron chi connectivity index (χ4n) is 1.89. The van der Waals surface area contributed by atoms with Gasteiger partial charge in [0.05, 0.1) is 4.92 Å². The molecule has 0 saturated heterocycles. The minimum Gasteiger partial charge on any atom is -0.396 e. The molecule has 1 amide bonds. The van der Waals surface area contributed by atoms with E-state index in [9.17, 15) is 19.3 Å². The van der Waals surface area contributed by atoms with Crippen molar-refractivity contribution in [2.24, 2.45) is 5.41 Å². The van der Waals surface area contributed by atoms with Crippen LogP contribution in [0.1, 0.15) is 37.6 Å². The van der Waals surface area contributed by atoms with Crippen molar-refractivity contribution in [3.63, 3.8) is 0 Å². The highest BCUT2D eigenvalue weighted by atomic mass is 19.1. The van der Waals surface area contributed by atoms with Crippen LogP contribution >= 0.6 is 0 Å². The summed E-state index contributed by atoms with van der Waals surface area (Å²) in [4.78, 5) is 21.9. The zero-order chi connectivity index (χ0) is 16.2. The predicted octanol–water partition coefficient (Wildman–Crippen LogP) is 2.26. The smallest absolute Gasteiger partial charge is 0.305 e. The molecule has 0 radical (unpaired) electrons. The van der Waals surface area contributed by atoms with E-state index in [0.717, 1.165) is 12.1 Å². The van der Waals surface area contributed by atoms with Crippen LogP contribution in [0.2, 0.25) is 0 Å². The molecule has 1 atom stereocenters. The molecule has 0 fully saturated rings. The number of carbonyl (C=O) groups excluding carboxylic acids is 1. The second-order valence-electron chi connectivity index (χ2n) is 5.83. The minimum absolute atomic E-state index is 0.00953. The lowest BCUT2D eigenvalue weighted by atomic mass is 9.84. The Hall–Kier alpha value is -2.02. The Morgan fingerprint density at radius 2 is 2.10 bits per heavy atom. The summed E-state index contributed by atoms with van der Waals surface area (Å²) in [6.07, 6.45) is 0.360. The van der Waals surface area contributed by atoms with Crippen molar-refractivity contribution in [1.82, 2.24) is 5.32 Å². The number of carbonyl (C=O) groups is 1. The summed E-state index contributed by atoms with van der Waals surface area (Å²) in [7, 11) is 0. The van der Waals surface area contributed by atoms with Crippen LogP contribution in [0.5, 0.6) is 0 Å². The lowest BCUT2D eigenvalue weighted by Gasteiger charge is -2.31. The number of aliphatic hydroxyl groups excluding tert-OH is 1. The molecule has 7 heteroatoms. The van der Waals surface area contributed by atoms with Gasteiger partial charge in [-0.2, -0.15) is 4.39 Å². The molecule has 0 aliphatic heterocycles. The van der Waals surface area contributed by atoms with Crippen LogP contribution in [0.4, 0.5) is 10.1 Å². The van der Waals surface area contributed by atoms with E-state index in [1.54, 1.807) is 0 Å². The first kappa shape index (κ1) is 17.0. The van der Waals surface area contributed by atoms with Gasteiger partial charge in [-0.05, 0) is 24.0 Å². The van der Waals surface area contributed by atoms with Gasteiger partial charge in [0.25, 0.3) is 5.91 Å². The average molecular weight is 298 g/mol. The van der Waals surface area contributed by atoms with Crippen molar-refractivity contribution in [1.29, 1.82) is 0 Å². The maximum absolute atomic E-state index is 13.2. The number of rotatable bonds is 5. The fourth-order valence-corrected chi connectivity index (χ4v) is 1.89. The van der Waals surface area contributed by atoms with E-state index < -0.39 is 22.3 Å². The van der Waals surface area contributed by atoms with Gasteiger partial charge in [-0.15, -0.1) is 0 Å². The largest absolute Gasteiger partial charge is 0.396 e. The molecule has 1 aromatic rings. The van der Waals surface area contributed by atoms with Gasteiger partial charge in [-0.1, -0.05) is 20.8 Å². The normalized spacial score (nSPS) is 12.8. The highest BCUT2D eigenvalue weighted by Gasteiger charge is 2.27. The third-order valence-corrected chi connectivity index (χ3v) is 3.17. The summed E-state index contributed by atoms with van der Waals surface area (Å²) < 4.78 is 13.2. The Bertz CT molecular complexity index is 540. The standard InChI is InChI=1S/C14H19FN2O4/c1-14(2,3)12(6-7-18)16-13(19)9-4-5-10(15)11(8-9)17(20)21/h4-5,8,12,18H,6-7H2,1-3H3,(H,16,19). The van der Waals surface area contributed by atoms with Crippen LogP contribution < -0.4 is 5.32 Å². The van der Waals surface area contributed by atoms with Gasteiger partial charge >= 0.3 is 5.69 Å². The third kappa shape index (κ3) is 4.49. The van der Waals surface area contributed by atoms with Crippen molar-refractivity contribution >= 4 is 11.6 Å². The molecule has 0 spiro atoms. The van der Waals surface area contributed by atoms with E-state index in [2.05, 4.69) is 5.32 Å². The third-order valence-electron chi connectivity index (χ3n) is 3.17. The molecule has 0 saturated carbocycles. The van der Waals surface area contributed by atoms with E-state index in [1.165, 1.54) is 6.07 Å². The van der Waals surface area contributed by atoms with Crippen molar-refractivity contribution in [3.8, 4) is 0 Å². The number of nitro groups is 1. The molecule has 116 valence electrons. The monoisotopic (exact) mass is 298 g/mol. The molecule has 21 heavy (non-hydrogen) atoms. The summed E-state index contributed by atoms with van der Waals surface area (Å²) in [6.45, 7) is 5.62. The van der Waals surface area contributed by atoms with Gasteiger partial charge in [-0.25, -0.2) is 0 Å². The molecule has 0 heterocycles. The Balaban J connectivity index is 2.98. The summed E-state index contributed by atoms with van der Waals surface area (Å²) in [5.74, 6) is -1.52. The minimum atomic E-state index is -0.987. The number of hydrogen-bond donors (Lipinski definition) is 2. The number of nitrogens with one attached hydrogen (secondary N) is 1. The van der Waals surface area contributed by atoms with Gasteiger partial charge in [0.2, 0.25) is 5.82 Å². The van der Waals surface area contributed by atoms with Gasteiger partial charge < -0.3 is 10.4 Å². The summed E-state index contributed by atoms with van der Waals surface area (Å²) in [6, 6.07) is 2.68. The Morgan fingerprint density at radius 3 is 2.57 bits per heavy atom. The Labute approximate surface area is 122 Å². The molecule has 1 rings (SSSR count). The van der Waals surface area contributed by atoms with Crippen LogP contribution in [-0.2, 0) is 0 Å². The highest BCUT2D eigenvalue weighted by molar-refractivity contribution is 5.95. The maximum Gasteiger partial charge on any atom is 0.305 e. The number of halogens is 1. The van der Waals surface area contributed by atoms with Gasteiger partial charge in [0.15, 0.2) is 0 Å². The van der Waals surface area contributed by atoms with E-state index in [-0.39, 0.29) is 23.6 Å². The average Bonchev–Trinajstić information content (AvgIpc) is 2.37. The maximum atomic E-state index is 13.2. The van der Waals surface area contributed by atoms with Crippen molar-refractivity contribution < 1.29 is 19.2 Å². The topological polar surface area (TPSA) is 92.5 Å². The lowest BCUT2D eigenvalue weighted by Crippen LogP contribution is -2.44. The fraction of sp³-hybridized carbons (Fsp3) is 0.500. The van der Waals surface area contributed by atoms with E-state index >= 15 is 0 Å². The molecule has 6 nitrogen and oxygen atoms in total. The molecule has 0 aromatic heterocycles. The number of benzene rings is 1. The molecular weight excluding hydrogens is 279 g/mol. The molecule has 1 aromatic carbocycles. The number of nitrogens with zero attached hydrogens (tertiary/aromatic N) is 1. The van der Waals surface area contributed by atoms with Crippen molar-refractivity contribution in [2.45, 2.75) is 33.2 Å². The molecule has 2 N–H and O–H groups in total. The number of aliphatic hydroxyl groups is 1. The predicted molar refractivity (Wildman–Crippen MR) is 75.5 cm³/mol. The highest BCUT2D eigenvalue weighted by Crippen LogP contribution is 2.23. The first-order valence-electron chi connectivity index (χ1n) is 6.52. The van der Waals surface area contributed by atoms with Crippen LogP contribution in [0, 0.1) is 21.3 Å². The van der Waals surface area contributed by atoms with Crippen LogP contribution in [-0.4, -0.2) is 28.6 Å². The second kappa shape index (κ2) is 6.62. The summed E-state index contributed by atoms with van der Waals surface area (Å²) >= 11 is 0. The first-order valence-corrected chi connectivity index (χ1v) is 6.52. The number of nitro benzene ring substituents is 1. The molecular formula is C14H19FN2O4. The second-order valence-corrected chi connectivity index (χ2v) is 5.83. The Kier molecular flexibility index (Phi) is 5.37. The van der Waals surface area contributed by atoms with E-state index in [1.807, 2.05) is 20.8 Å². The molecule has 0 bridgehead atoms. The Morgan fingerprint density at radius 1 is 1.48 bits per heavy atom. The van der Waals surface area contributed by atoms with Gasteiger partial charge in [0.1, 0.15) is 0 Å². The molecule has 0 aliphatic carbocycles. The van der Waals surface area contributed by atoms with Gasteiger partial charge in [0, 0.05) is 24.3 Å². The number of amides is 1. The van der Waals surface area contributed by atoms with Crippen LogP contribution in [0.25, 0.3) is 0 Å². The van der Waals surface area contributed by atoms with Crippen LogP contribution in [0.15, 0.2) is 18.2 Å². The quantitative estimate of drug-likeness (QED) is 0.644. The zero-order valence-corrected chi connectivity index (χ0v) is 12.2. The van der Waals surface area contributed by atoms with Gasteiger partial charge in [-0.3, -0.25) is 14.9 Å². The first-order chi connectivity index (χ1) is 9.66. The molecule has 1 unspecified atom stereocenters. The SMILES string of the molecule is CC(C)(C)C(CCO)NC(=O)c1ccc(F)c([N+](=O)[O-])c1. The zero-order valence-electron chi connectivity index (χ0n) is 12.2.